The number of benzene rings is 1. The second kappa shape index (κ2) is 7.03. The molecule has 134 valence electrons. The van der Waals surface area contributed by atoms with Crippen molar-refractivity contribution in [2.45, 2.75) is 65.2 Å². The fraction of sp³-hybridized carbons (Fsp3) is 0.524. The molecule has 1 amide bonds. The van der Waals surface area contributed by atoms with Crippen LogP contribution in [0.2, 0.25) is 0 Å². The molecule has 1 aliphatic carbocycles. The minimum atomic E-state index is -0.0786. The highest BCUT2D eigenvalue weighted by molar-refractivity contribution is 5.94. The minimum absolute atomic E-state index is 0.0133. The number of rotatable bonds is 5. The third kappa shape index (κ3) is 4.12. The van der Waals surface area contributed by atoms with Gasteiger partial charge < -0.3 is 9.73 Å². The van der Waals surface area contributed by atoms with Gasteiger partial charge in [-0.2, -0.15) is 0 Å². The highest BCUT2D eigenvalue weighted by atomic mass is 16.4. The zero-order valence-electron chi connectivity index (χ0n) is 15.7. The molecule has 3 rings (SSSR count). The Morgan fingerprint density at radius 3 is 2.72 bits per heavy atom. The Morgan fingerprint density at radius 2 is 2.00 bits per heavy atom. The number of hydrogen-bond acceptors (Lipinski definition) is 3. The lowest BCUT2D eigenvalue weighted by Gasteiger charge is -2.12. The maximum Gasteiger partial charge on any atom is 0.251 e. The summed E-state index contributed by atoms with van der Waals surface area (Å²) in [7, 11) is 0. The van der Waals surface area contributed by atoms with Crippen LogP contribution >= 0.6 is 0 Å². The number of carbonyl (C=O) groups excluding carboxylic acids is 1. The topological polar surface area (TPSA) is 55.1 Å². The number of oxazole rings is 1. The number of fused-ring (bicyclic) bond motifs is 1. The summed E-state index contributed by atoms with van der Waals surface area (Å²) in [6.45, 7) is 8.91. The van der Waals surface area contributed by atoms with Gasteiger partial charge in [-0.25, -0.2) is 4.98 Å². The molecule has 4 heteroatoms. The van der Waals surface area contributed by atoms with Crippen molar-refractivity contribution < 1.29 is 9.21 Å². The zero-order chi connectivity index (χ0) is 18.0. The number of carbonyl (C=O) groups is 1. The molecule has 0 bridgehead atoms. The van der Waals surface area contributed by atoms with E-state index in [-0.39, 0.29) is 11.3 Å². The van der Waals surface area contributed by atoms with Crippen LogP contribution < -0.4 is 5.32 Å². The van der Waals surface area contributed by atoms with Crippen LogP contribution in [0.3, 0.4) is 0 Å². The largest absolute Gasteiger partial charge is 0.445 e. The number of amides is 1. The molecular formula is C21H28N2O2. The van der Waals surface area contributed by atoms with Gasteiger partial charge in [0, 0.05) is 23.9 Å². The van der Waals surface area contributed by atoms with E-state index in [9.17, 15) is 4.79 Å². The van der Waals surface area contributed by atoms with E-state index in [2.05, 4.69) is 37.1 Å². The van der Waals surface area contributed by atoms with E-state index in [1.54, 1.807) is 0 Å². The van der Waals surface area contributed by atoms with Gasteiger partial charge in [0.25, 0.3) is 5.91 Å². The van der Waals surface area contributed by atoms with Crippen LogP contribution in [0, 0.1) is 6.92 Å². The Hall–Kier alpha value is -2.10. The second-order valence-corrected chi connectivity index (χ2v) is 7.97. The predicted molar refractivity (Wildman–Crippen MR) is 99.1 cm³/mol. The van der Waals surface area contributed by atoms with Crippen LogP contribution in [0.1, 0.15) is 72.4 Å². The fourth-order valence-electron chi connectivity index (χ4n) is 3.25. The van der Waals surface area contributed by atoms with Crippen molar-refractivity contribution in [3.63, 3.8) is 0 Å². The maximum atomic E-state index is 12.3. The van der Waals surface area contributed by atoms with Crippen molar-refractivity contribution in [1.29, 1.82) is 0 Å². The standard InChI is InChI=1S/C21H28N2O2/c1-14-18(25-20(23-14)21(2,3)4)9-6-12-22-19(24)17-11-10-15-7-5-8-16(15)13-17/h10-11,13H,5-9,12H2,1-4H3,(H,22,24). The Kier molecular flexibility index (Phi) is 4.98. The normalized spacial score (nSPS) is 13.8. The van der Waals surface area contributed by atoms with Crippen molar-refractivity contribution in [2.24, 2.45) is 0 Å². The van der Waals surface area contributed by atoms with Gasteiger partial charge in [-0.3, -0.25) is 4.79 Å². The van der Waals surface area contributed by atoms with E-state index in [0.717, 1.165) is 48.6 Å². The quantitative estimate of drug-likeness (QED) is 0.833. The van der Waals surface area contributed by atoms with E-state index in [0.29, 0.717) is 6.54 Å². The molecule has 0 fully saturated rings. The van der Waals surface area contributed by atoms with Crippen molar-refractivity contribution in [2.75, 3.05) is 6.54 Å². The summed E-state index contributed by atoms with van der Waals surface area (Å²) in [5, 5.41) is 3.02. The molecule has 2 aromatic rings. The molecule has 1 N–H and O–H groups in total. The lowest BCUT2D eigenvalue weighted by Crippen LogP contribution is -2.24. The molecule has 1 aliphatic rings. The summed E-state index contributed by atoms with van der Waals surface area (Å²) in [5.74, 6) is 1.72. The number of aromatic nitrogens is 1. The van der Waals surface area contributed by atoms with Gasteiger partial charge in [-0.15, -0.1) is 0 Å². The van der Waals surface area contributed by atoms with Crippen LogP contribution in [0.4, 0.5) is 0 Å². The number of hydrogen-bond donors (Lipinski definition) is 1. The molecule has 25 heavy (non-hydrogen) atoms. The molecule has 1 heterocycles. The van der Waals surface area contributed by atoms with Gasteiger partial charge in [-0.05, 0) is 55.9 Å². The molecule has 1 aromatic heterocycles. The highest BCUT2D eigenvalue weighted by Crippen LogP contribution is 2.24. The third-order valence-electron chi connectivity index (χ3n) is 4.76. The Morgan fingerprint density at radius 1 is 1.24 bits per heavy atom. The van der Waals surface area contributed by atoms with Gasteiger partial charge in [0.2, 0.25) is 0 Å². The van der Waals surface area contributed by atoms with E-state index in [4.69, 9.17) is 4.42 Å². The summed E-state index contributed by atoms with van der Waals surface area (Å²) in [5.41, 5.74) is 4.37. The SMILES string of the molecule is Cc1nc(C(C)(C)C)oc1CCCNC(=O)c1ccc2c(c1)CCC2. The Labute approximate surface area is 150 Å². The first-order valence-electron chi connectivity index (χ1n) is 9.21. The fourth-order valence-corrected chi connectivity index (χ4v) is 3.25. The summed E-state index contributed by atoms with van der Waals surface area (Å²) in [6.07, 6.45) is 5.07. The summed E-state index contributed by atoms with van der Waals surface area (Å²) in [6, 6.07) is 6.09. The maximum absolute atomic E-state index is 12.3. The highest BCUT2D eigenvalue weighted by Gasteiger charge is 2.22. The average molecular weight is 340 g/mol. The van der Waals surface area contributed by atoms with Crippen LogP contribution in [0.25, 0.3) is 0 Å². The molecule has 0 radical (unpaired) electrons. The number of nitrogens with zero attached hydrogens (tertiary/aromatic N) is 1. The molecular weight excluding hydrogens is 312 g/mol. The van der Waals surface area contributed by atoms with E-state index < -0.39 is 0 Å². The molecule has 0 atom stereocenters. The molecule has 0 spiro atoms. The van der Waals surface area contributed by atoms with Crippen LogP contribution in [0.15, 0.2) is 22.6 Å². The summed E-state index contributed by atoms with van der Waals surface area (Å²) >= 11 is 0. The second-order valence-electron chi connectivity index (χ2n) is 7.97. The predicted octanol–water partition coefficient (Wildman–Crippen LogP) is 4.13. The number of aryl methyl sites for hydroxylation is 4. The van der Waals surface area contributed by atoms with Crippen LogP contribution in [-0.2, 0) is 24.7 Å². The molecule has 0 unspecified atom stereocenters. The number of nitrogens with one attached hydrogen (secondary N) is 1. The van der Waals surface area contributed by atoms with Crippen molar-refractivity contribution in [1.82, 2.24) is 10.3 Å². The minimum Gasteiger partial charge on any atom is -0.445 e. The lowest BCUT2D eigenvalue weighted by molar-refractivity contribution is 0.0953. The average Bonchev–Trinajstić information content (AvgIpc) is 3.16. The lowest BCUT2D eigenvalue weighted by atomic mass is 9.97. The van der Waals surface area contributed by atoms with Crippen molar-refractivity contribution in [3.05, 3.63) is 52.2 Å². The van der Waals surface area contributed by atoms with E-state index in [1.807, 2.05) is 19.1 Å². The van der Waals surface area contributed by atoms with Crippen LogP contribution in [0.5, 0.6) is 0 Å². The monoisotopic (exact) mass is 340 g/mol. The van der Waals surface area contributed by atoms with Crippen molar-refractivity contribution in [3.8, 4) is 0 Å². The smallest absolute Gasteiger partial charge is 0.251 e. The zero-order valence-corrected chi connectivity index (χ0v) is 15.7. The van der Waals surface area contributed by atoms with Gasteiger partial charge in [0.1, 0.15) is 5.76 Å². The molecule has 0 saturated carbocycles. The van der Waals surface area contributed by atoms with Gasteiger partial charge in [-0.1, -0.05) is 26.8 Å². The molecule has 4 nitrogen and oxygen atoms in total. The van der Waals surface area contributed by atoms with E-state index in [1.165, 1.54) is 17.5 Å². The summed E-state index contributed by atoms with van der Waals surface area (Å²) in [4.78, 5) is 16.8. The van der Waals surface area contributed by atoms with Gasteiger partial charge in [0.15, 0.2) is 5.89 Å². The van der Waals surface area contributed by atoms with E-state index >= 15 is 0 Å². The Balaban J connectivity index is 1.50. The first-order chi connectivity index (χ1) is 11.8. The summed E-state index contributed by atoms with van der Waals surface area (Å²) < 4.78 is 5.90. The van der Waals surface area contributed by atoms with Crippen LogP contribution in [-0.4, -0.2) is 17.4 Å². The molecule has 0 aliphatic heterocycles. The molecule has 1 aromatic carbocycles. The first-order valence-corrected chi connectivity index (χ1v) is 9.21. The van der Waals surface area contributed by atoms with Gasteiger partial charge in [0.05, 0.1) is 5.69 Å². The molecule has 0 saturated heterocycles. The van der Waals surface area contributed by atoms with Gasteiger partial charge >= 0.3 is 0 Å². The van der Waals surface area contributed by atoms with Crippen molar-refractivity contribution >= 4 is 5.91 Å². The first kappa shape index (κ1) is 17.7. The Bertz CT molecular complexity index is 769. The third-order valence-corrected chi connectivity index (χ3v) is 4.76.